The van der Waals surface area contributed by atoms with Crippen LogP contribution < -0.4 is 9.47 Å². The molecule has 3 aromatic rings. The normalized spacial score (nSPS) is 11.2. The number of aryl methyl sites for hydroxylation is 1. The van der Waals surface area contributed by atoms with Gasteiger partial charge in [0.05, 0.1) is 12.2 Å². The summed E-state index contributed by atoms with van der Waals surface area (Å²) in [6.45, 7) is 9.11. The van der Waals surface area contributed by atoms with E-state index in [4.69, 9.17) is 18.9 Å². The van der Waals surface area contributed by atoms with Crippen LogP contribution in [0.15, 0.2) is 42.5 Å². The smallest absolute Gasteiger partial charge is 0.431 e. The van der Waals surface area contributed by atoms with Gasteiger partial charge in [0.15, 0.2) is 5.75 Å². The predicted molar refractivity (Wildman–Crippen MR) is 120 cm³/mol. The van der Waals surface area contributed by atoms with Crippen molar-refractivity contribution in [3.8, 4) is 11.5 Å². The van der Waals surface area contributed by atoms with Crippen molar-refractivity contribution >= 4 is 33.9 Å². The number of carbonyl (C=O) groups excluding carboxylic acids is 2. The first-order valence-electron chi connectivity index (χ1n) is 10.5. The molecule has 0 saturated heterocycles. The molecule has 6 nitrogen and oxygen atoms in total. The quantitative estimate of drug-likeness (QED) is 0.246. The molecule has 0 atom stereocenters. The molecular formula is C25H28O6. The average molecular weight is 424 g/mol. The van der Waals surface area contributed by atoms with Gasteiger partial charge in [0.25, 0.3) is 0 Å². The lowest BCUT2D eigenvalue weighted by Gasteiger charge is -2.19. The summed E-state index contributed by atoms with van der Waals surface area (Å²) >= 11 is 0. The Morgan fingerprint density at radius 3 is 1.81 bits per heavy atom. The van der Waals surface area contributed by atoms with Gasteiger partial charge in [-0.25, -0.2) is 9.59 Å². The third-order valence-electron chi connectivity index (χ3n) is 4.59. The van der Waals surface area contributed by atoms with Crippen LogP contribution in [-0.4, -0.2) is 24.5 Å². The minimum atomic E-state index is -0.782. The maximum Gasteiger partial charge on any atom is 0.514 e. The summed E-state index contributed by atoms with van der Waals surface area (Å²) in [6.07, 6.45) is -0.521. The summed E-state index contributed by atoms with van der Waals surface area (Å²) < 4.78 is 21.8. The fraction of sp³-hybridized carbons (Fsp3) is 0.360. The van der Waals surface area contributed by atoms with Gasteiger partial charge in [0.1, 0.15) is 5.75 Å². The molecule has 0 heterocycles. The molecule has 3 rings (SSSR count). The zero-order valence-electron chi connectivity index (χ0n) is 18.6. The van der Waals surface area contributed by atoms with Crippen LogP contribution in [0, 0.1) is 0 Å². The number of hydrogen-bond acceptors (Lipinski definition) is 6. The van der Waals surface area contributed by atoms with Crippen LogP contribution in [0.2, 0.25) is 0 Å². The second-order valence-corrected chi connectivity index (χ2v) is 7.83. The molecule has 0 amide bonds. The fourth-order valence-corrected chi connectivity index (χ4v) is 3.51. The van der Waals surface area contributed by atoms with Crippen molar-refractivity contribution in [2.24, 2.45) is 0 Å². The number of ether oxygens (including phenoxy) is 4. The molecule has 0 bridgehead atoms. The van der Waals surface area contributed by atoms with Gasteiger partial charge in [0.2, 0.25) is 0 Å². The highest BCUT2D eigenvalue weighted by Gasteiger charge is 2.23. The van der Waals surface area contributed by atoms with E-state index < -0.39 is 12.3 Å². The highest BCUT2D eigenvalue weighted by atomic mass is 16.7. The second kappa shape index (κ2) is 9.69. The van der Waals surface area contributed by atoms with Gasteiger partial charge in [-0.1, -0.05) is 55.8 Å². The number of hydrogen-bond donors (Lipinski definition) is 0. The molecule has 0 aliphatic rings. The summed E-state index contributed by atoms with van der Waals surface area (Å²) in [4.78, 5) is 24.8. The predicted octanol–water partition coefficient (Wildman–Crippen LogP) is 6.79. The highest BCUT2D eigenvalue weighted by Crippen LogP contribution is 2.44. The molecule has 0 aliphatic carbocycles. The zero-order valence-corrected chi connectivity index (χ0v) is 18.6. The van der Waals surface area contributed by atoms with E-state index in [9.17, 15) is 9.59 Å². The van der Waals surface area contributed by atoms with Crippen LogP contribution in [0.3, 0.4) is 0 Å². The van der Waals surface area contributed by atoms with E-state index in [-0.39, 0.29) is 12.2 Å². The lowest BCUT2D eigenvalue weighted by Crippen LogP contribution is -2.17. The first kappa shape index (κ1) is 22.4. The maximum absolute atomic E-state index is 12.4. The summed E-state index contributed by atoms with van der Waals surface area (Å²) in [5.41, 5.74) is 0.986. The maximum atomic E-state index is 12.4. The number of carbonyl (C=O) groups is 2. The summed E-state index contributed by atoms with van der Waals surface area (Å²) in [5, 5.41) is 2.66. The molecular weight excluding hydrogens is 396 g/mol. The van der Waals surface area contributed by atoms with E-state index in [1.807, 2.05) is 42.5 Å². The Labute approximate surface area is 182 Å². The van der Waals surface area contributed by atoms with Gasteiger partial charge < -0.3 is 18.9 Å². The lowest BCUT2D eigenvalue weighted by atomic mass is 9.95. The van der Waals surface area contributed by atoms with Crippen molar-refractivity contribution in [3.63, 3.8) is 0 Å². The fourth-order valence-electron chi connectivity index (χ4n) is 3.51. The first-order chi connectivity index (χ1) is 14.8. The Morgan fingerprint density at radius 1 is 0.742 bits per heavy atom. The van der Waals surface area contributed by atoms with Crippen LogP contribution in [0.25, 0.3) is 21.5 Å². The van der Waals surface area contributed by atoms with Crippen molar-refractivity contribution in [1.29, 1.82) is 0 Å². The van der Waals surface area contributed by atoms with E-state index in [1.54, 1.807) is 27.7 Å². The highest BCUT2D eigenvalue weighted by molar-refractivity contribution is 6.13. The average Bonchev–Trinajstić information content (AvgIpc) is 2.69. The van der Waals surface area contributed by atoms with E-state index in [1.165, 1.54) is 0 Å². The van der Waals surface area contributed by atoms with Crippen molar-refractivity contribution < 1.29 is 28.5 Å². The van der Waals surface area contributed by atoms with Crippen molar-refractivity contribution in [1.82, 2.24) is 0 Å². The van der Waals surface area contributed by atoms with Gasteiger partial charge in [0, 0.05) is 21.5 Å². The van der Waals surface area contributed by atoms with Crippen LogP contribution in [0.4, 0.5) is 9.59 Å². The third-order valence-corrected chi connectivity index (χ3v) is 4.59. The van der Waals surface area contributed by atoms with E-state index >= 15 is 0 Å². The standard InChI is InChI=1S/C25H28O6/c1-6-10-17-11-9-14-20-21(17)23(31-25(27)29-16(4)5)19-13-8-7-12-18(19)22(20)30-24(26)28-15(2)3/h7-9,11-16H,6,10H2,1-5H3. The van der Waals surface area contributed by atoms with E-state index in [0.717, 1.165) is 23.8 Å². The Bertz CT molecular complexity index is 1100. The van der Waals surface area contributed by atoms with Gasteiger partial charge in [-0.05, 0) is 39.7 Å². The Kier molecular flexibility index (Phi) is 7.00. The number of benzene rings is 3. The molecule has 0 N–H and O–H groups in total. The van der Waals surface area contributed by atoms with Crippen molar-refractivity contribution in [2.75, 3.05) is 0 Å². The van der Waals surface area contributed by atoms with Crippen LogP contribution in [0.1, 0.15) is 46.6 Å². The number of rotatable bonds is 6. The van der Waals surface area contributed by atoms with E-state index in [0.29, 0.717) is 27.7 Å². The van der Waals surface area contributed by atoms with Crippen molar-refractivity contribution in [3.05, 3.63) is 48.0 Å². The van der Waals surface area contributed by atoms with Gasteiger partial charge in [-0.3, -0.25) is 0 Å². The van der Waals surface area contributed by atoms with Crippen LogP contribution in [-0.2, 0) is 15.9 Å². The zero-order chi connectivity index (χ0) is 22.5. The largest absolute Gasteiger partial charge is 0.514 e. The Balaban J connectivity index is 2.29. The van der Waals surface area contributed by atoms with Gasteiger partial charge in [-0.2, -0.15) is 0 Å². The van der Waals surface area contributed by atoms with Crippen molar-refractivity contribution in [2.45, 2.75) is 59.7 Å². The molecule has 0 aromatic heterocycles. The monoisotopic (exact) mass is 424 g/mol. The topological polar surface area (TPSA) is 71.1 Å². The molecule has 164 valence electrons. The number of fused-ring (bicyclic) bond motifs is 2. The molecule has 0 fully saturated rings. The third kappa shape index (κ3) is 5.08. The van der Waals surface area contributed by atoms with Gasteiger partial charge >= 0.3 is 12.3 Å². The second-order valence-electron chi connectivity index (χ2n) is 7.83. The molecule has 31 heavy (non-hydrogen) atoms. The van der Waals surface area contributed by atoms with Gasteiger partial charge in [-0.15, -0.1) is 0 Å². The molecule has 0 radical (unpaired) electrons. The minimum Gasteiger partial charge on any atom is -0.431 e. The molecule has 0 aliphatic heterocycles. The van der Waals surface area contributed by atoms with E-state index in [2.05, 4.69) is 6.92 Å². The van der Waals surface area contributed by atoms with Crippen LogP contribution >= 0.6 is 0 Å². The Hall–Kier alpha value is -3.28. The molecule has 3 aromatic carbocycles. The molecule has 0 spiro atoms. The SMILES string of the molecule is CCCc1cccc2c(OC(=O)OC(C)C)c3ccccc3c(OC(=O)OC(C)C)c12. The minimum absolute atomic E-state index is 0.311. The molecule has 0 unspecified atom stereocenters. The summed E-state index contributed by atoms with van der Waals surface area (Å²) in [5.74, 6) is 0.767. The lowest BCUT2D eigenvalue weighted by molar-refractivity contribution is 0.0719. The summed E-state index contributed by atoms with van der Waals surface area (Å²) in [7, 11) is 0. The molecule has 0 saturated carbocycles. The van der Waals surface area contributed by atoms with Crippen LogP contribution in [0.5, 0.6) is 11.5 Å². The molecule has 6 heteroatoms. The first-order valence-corrected chi connectivity index (χ1v) is 10.5. The Morgan fingerprint density at radius 2 is 1.26 bits per heavy atom. The summed E-state index contributed by atoms with van der Waals surface area (Å²) in [6, 6.07) is 13.1.